The van der Waals surface area contributed by atoms with Crippen molar-refractivity contribution in [3.63, 3.8) is 0 Å². The molecule has 23 heavy (non-hydrogen) atoms. The Morgan fingerprint density at radius 3 is 2.26 bits per heavy atom. The topological polar surface area (TPSA) is 102 Å². The van der Waals surface area contributed by atoms with E-state index in [0.29, 0.717) is 11.4 Å². The number of nitrogens with one attached hydrogen (secondary N) is 2. The van der Waals surface area contributed by atoms with Gasteiger partial charge in [0, 0.05) is 23.8 Å². The molecule has 124 valence electrons. The van der Waals surface area contributed by atoms with Crippen molar-refractivity contribution in [2.45, 2.75) is 25.9 Å². The molecule has 0 radical (unpaired) electrons. The lowest BCUT2D eigenvalue weighted by Crippen LogP contribution is -2.32. The molecular weight excluding hydrogens is 318 g/mol. The Morgan fingerprint density at radius 1 is 1.13 bits per heavy atom. The largest absolute Gasteiger partial charge is 0.325 e. The number of aromatic nitrogens is 2. The van der Waals surface area contributed by atoms with Gasteiger partial charge in [0.25, 0.3) is 0 Å². The van der Waals surface area contributed by atoms with Crippen molar-refractivity contribution in [3.05, 3.63) is 42.7 Å². The third-order valence-electron chi connectivity index (χ3n) is 3.11. The number of rotatable bonds is 5. The van der Waals surface area contributed by atoms with Gasteiger partial charge in [-0.1, -0.05) is 6.07 Å². The van der Waals surface area contributed by atoms with Crippen LogP contribution in [-0.4, -0.2) is 27.6 Å². The molecule has 1 aromatic carbocycles. The summed E-state index contributed by atoms with van der Waals surface area (Å²) in [5.41, 5.74) is 6.67. The van der Waals surface area contributed by atoms with Crippen molar-refractivity contribution in [1.82, 2.24) is 9.78 Å². The van der Waals surface area contributed by atoms with Crippen LogP contribution in [0.2, 0.25) is 0 Å². The highest BCUT2D eigenvalue weighted by molar-refractivity contribution is 5.96. The van der Waals surface area contributed by atoms with E-state index in [1.165, 1.54) is 0 Å². The van der Waals surface area contributed by atoms with Gasteiger partial charge in [0.15, 0.2) is 0 Å². The first kappa shape index (κ1) is 18.7. The molecule has 2 rings (SSSR count). The van der Waals surface area contributed by atoms with Crippen LogP contribution in [-0.2, 0) is 9.59 Å². The molecule has 0 spiro atoms. The number of carbonyl (C=O) groups is 2. The van der Waals surface area contributed by atoms with Gasteiger partial charge in [-0.3, -0.25) is 14.3 Å². The number of benzene rings is 1. The summed E-state index contributed by atoms with van der Waals surface area (Å²) in [6.45, 7) is 3.36. The molecular formula is C15H20ClN5O2. The maximum atomic E-state index is 12.2. The van der Waals surface area contributed by atoms with Gasteiger partial charge in [0.1, 0.15) is 6.04 Å². The summed E-state index contributed by atoms with van der Waals surface area (Å²) < 4.78 is 1.57. The summed E-state index contributed by atoms with van der Waals surface area (Å²) in [7, 11) is 0. The molecule has 0 bridgehead atoms. The maximum absolute atomic E-state index is 12.2. The molecule has 2 atom stereocenters. The summed E-state index contributed by atoms with van der Waals surface area (Å²) in [6.07, 6.45) is 3.34. The fraction of sp³-hybridized carbons (Fsp3) is 0.267. The van der Waals surface area contributed by atoms with E-state index in [2.05, 4.69) is 15.7 Å². The van der Waals surface area contributed by atoms with Gasteiger partial charge in [-0.25, -0.2) is 0 Å². The molecule has 0 aliphatic carbocycles. The van der Waals surface area contributed by atoms with E-state index in [-0.39, 0.29) is 24.2 Å². The smallest absolute Gasteiger partial charge is 0.248 e. The minimum absolute atomic E-state index is 0. The Balaban J connectivity index is 0.00000264. The van der Waals surface area contributed by atoms with E-state index in [1.54, 1.807) is 61.3 Å². The first-order valence-corrected chi connectivity index (χ1v) is 6.94. The molecule has 1 aromatic heterocycles. The van der Waals surface area contributed by atoms with Crippen molar-refractivity contribution in [3.8, 4) is 0 Å². The monoisotopic (exact) mass is 337 g/mol. The van der Waals surface area contributed by atoms with Gasteiger partial charge in [-0.15, -0.1) is 12.4 Å². The minimum Gasteiger partial charge on any atom is -0.325 e. The van der Waals surface area contributed by atoms with E-state index in [4.69, 9.17) is 5.73 Å². The molecule has 8 heteroatoms. The Morgan fingerprint density at radius 2 is 1.74 bits per heavy atom. The Labute approximate surface area is 140 Å². The van der Waals surface area contributed by atoms with Crippen molar-refractivity contribution in [2.75, 3.05) is 10.6 Å². The van der Waals surface area contributed by atoms with Gasteiger partial charge in [-0.05, 0) is 38.1 Å². The van der Waals surface area contributed by atoms with Crippen molar-refractivity contribution >= 4 is 35.6 Å². The standard InChI is InChI=1S/C15H19N5O2.ClH/c1-10(16)14(21)18-12-5-3-6-13(9-12)19-15(22)11(2)20-8-4-7-17-20;/h3-11H,16H2,1-2H3,(H,18,21)(H,19,22);1H/t10-,11?;/m0./s1. The highest BCUT2D eigenvalue weighted by Gasteiger charge is 2.15. The van der Waals surface area contributed by atoms with Gasteiger partial charge >= 0.3 is 0 Å². The van der Waals surface area contributed by atoms with Crippen LogP contribution >= 0.6 is 12.4 Å². The third-order valence-corrected chi connectivity index (χ3v) is 3.11. The lowest BCUT2D eigenvalue weighted by molar-refractivity contribution is -0.119. The average Bonchev–Trinajstić information content (AvgIpc) is 3.00. The SMILES string of the molecule is CC(C(=O)Nc1cccc(NC(=O)[C@H](C)N)c1)n1cccn1.Cl. The van der Waals surface area contributed by atoms with E-state index >= 15 is 0 Å². The zero-order valence-electron chi connectivity index (χ0n) is 12.9. The van der Waals surface area contributed by atoms with E-state index in [1.807, 2.05) is 0 Å². The number of halogens is 1. The van der Waals surface area contributed by atoms with Crippen molar-refractivity contribution in [1.29, 1.82) is 0 Å². The summed E-state index contributed by atoms with van der Waals surface area (Å²) >= 11 is 0. The zero-order chi connectivity index (χ0) is 16.1. The summed E-state index contributed by atoms with van der Waals surface area (Å²) in [5.74, 6) is -0.479. The second kappa shape index (κ2) is 8.30. The number of nitrogens with two attached hydrogens (primary N) is 1. The summed E-state index contributed by atoms with van der Waals surface area (Å²) in [6, 6.07) is 7.62. The van der Waals surface area contributed by atoms with Crippen LogP contribution in [0.4, 0.5) is 11.4 Å². The van der Waals surface area contributed by atoms with Crippen LogP contribution in [0.15, 0.2) is 42.7 Å². The molecule has 0 aliphatic heterocycles. The Kier molecular flexibility index (Phi) is 6.74. The van der Waals surface area contributed by atoms with Gasteiger partial charge in [0.05, 0.1) is 6.04 Å². The lowest BCUT2D eigenvalue weighted by atomic mass is 10.2. The predicted molar refractivity (Wildman–Crippen MR) is 91.5 cm³/mol. The number of nitrogens with zero attached hydrogens (tertiary/aromatic N) is 2. The van der Waals surface area contributed by atoms with Gasteiger partial charge < -0.3 is 16.4 Å². The lowest BCUT2D eigenvalue weighted by Gasteiger charge is -2.14. The number of hydrogen-bond acceptors (Lipinski definition) is 4. The zero-order valence-corrected chi connectivity index (χ0v) is 13.7. The molecule has 2 amide bonds. The van der Waals surface area contributed by atoms with E-state index in [9.17, 15) is 9.59 Å². The van der Waals surface area contributed by atoms with Crippen molar-refractivity contribution < 1.29 is 9.59 Å². The molecule has 2 aromatic rings. The van der Waals surface area contributed by atoms with E-state index in [0.717, 1.165) is 0 Å². The number of carbonyl (C=O) groups excluding carboxylic acids is 2. The Hall–Kier alpha value is -2.38. The van der Waals surface area contributed by atoms with Crippen LogP contribution in [0.1, 0.15) is 19.9 Å². The van der Waals surface area contributed by atoms with Crippen LogP contribution in [0, 0.1) is 0 Å². The van der Waals surface area contributed by atoms with Gasteiger partial charge in [0.2, 0.25) is 11.8 Å². The first-order valence-electron chi connectivity index (χ1n) is 6.94. The molecule has 7 nitrogen and oxygen atoms in total. The molecule has 0 saturated carbocycles. The van der Waals surface area contributed by atoms with Gasteiger partial charge in [-0.2, -0.15) is 5.10 Å². The quantitative estimate of drug-likeness (QED) is 0.774. The van der Waals surface area contributed by atoms with Crippen LogP contribution < -0.4 is 16.4 Å². The first-order chi connectivity index (χ1) is 10.5. The third kappa shape index (κ3) is 5.08. The fourth-order valence-electron chi connectivity index (χ4n) is 1.81. The summed E-state index contributed by atoms with van der Waals surface area (Å²) in [5, 5.41) is 9.51. The summed E-state index contributed by atoms with van der Waals surface area (Å²) in [4.78, 5) is 23.7. The molecule has 0 fully saturated rings. The maximum Gasteiger partial charge on any atom is 0.248 e. The molecule has 1 heterocycles. The molecule has 0 aliphatic rings. The molecule has 0 saturated heterocycles. The number of anilines is 2. The highest BCUT2D eigenvalue weighted by Crippen LogP contribution is 2.17. The second-order valence-corrected chi connectivity index (χ2v) is 5.01. The Bertz CT molecular complexity index is 658. The highest BCUT2D eigenvalue weighted by atomic mass is 35.5. The van der Waals surface area contributed by atoms with E-state index < -0.39 is 12.1 Å². The van der Waals surface area contributed by atoms with Crippen LogP contribution in [0.25, 0.3) is 0 Å². The second-order valence-electron chi connectivity index (χ2n) is 5.01. The number of amides is 2. The molecule has 4 N–H and O–H groups in total. The predicted octanol–water partition coefficient (Wildman–Crippen LogP) is 1.79. The molecule has 1 unspecified atom stereocenters. The number of hydrogen-bond donors (Lipinski definition) is 3. The average molecular weight is 338 g/mol. The van der Waals surface area contributed by atoms with Crippen LogP contribution in [0.3, 0.4) is 0 Å². The minimum atomic E-state index is -0.599. The van der Waals surface area contributed by atoms with Crippen molar-refractivity contribution in [2.24, 2.45) is 5.73 Å². The normalized spacial score (nSPS) is 12.7. The van der Waals surface area contributed by atoms with Crippen LogP contribution in [0.5, 0.6) is 0 Å². The fourth-order valence-corrected chi connectivity index (χ4v) is 1.81.